The van der Waals surface area contributed by atoms with Crippen LogP contribution in [0, 0.1) is 0 Å². The predicted octanol–water partition coefficient (Wildman–Crippen LogP) is 4.30. The molecule has 3 rings (SSSR count). The molecule has 0 fully saturated rings. The smallest absolute Gasteiger partial charge is 0.262 e. The van der Waals surface area contributed by atoms with Crippen molar-refractivity contribution in [2.45, 2.75) is 12.8 Å². The second-order valence-corrected chi connectivity index (χ2v) is 7.10. The van der Waals surface area contributed by atoms with Crippen molar-refractivity contribution in [3.63, 3.8) is 0 Å². The van der Waals surface area contributed by atoms with Crippen molar-refractivity contribution in [3.8, 4) is 5.75 Å². The van der Waals surface area contributed by atoms with E-state index in [0.717, 1.165) is 20.8 Å². The van der Waals surface area contributed by atoms with Crippen molar-refractivity contribution in [2.75, 3.05) is 19.0 Å². The van der Waals surface area contributed by atoms with E-state index in [4.69, 9.17) is 4.74 Å². The Hall–Kier alpha value is -2.86. The van der Waals surface area contributed by atoms with E-state index in [2.05, 4.69) is 26.6 Å². The monoisotopic (exact) mass is 440 g/mol. The van der Waals surface area contributed by atoms with E-state index < -0.39 is 0 Å². The number of rotatable bonds is 7. The summed E-state index contributed by atoms with van der Waals surface area (Å²) in [5.41, 5.74) is 1.73. The number of carbonyl (C=O) groups excluding carboxylic acids is 2. The van der Waals surface area contributed by atoms with Gasteiger partial charge in [-0.2, -0.15) is 0 Å². The summed E-state index contributed by atoms with van der Waals surface area (Å²) in [6.45, 7) is -0.0879. The highest BCUT2D eigenvalue weighted by Crippen LogP contribution is 2.33. The van der Waals surface area contributed by atoms with Crippen LogP contribution >= 0.6 is 15.9 Å². The van der Waals surface area contributed by atoms with E-state index in [0.29, 0.717) is 24.3 Å². The highest BCUT2D eigenvalue weighted by Gasteiger charge is 2.09. The number of ether oxygens (including phenoxy) is 1. The van der Waals surface area contributed by atoms with Gasteiger partial charge in [0.2, 0.25) is 5.91 Å². The van der Waals surface area contributed by atoms with E-state index in [1.165, 1.54) is 0 Å². The van der Waals surface area contributed by atoms with Gasteiger partial charge < -0.3 is 15.4 Å². The highest BCUT2D eigenvalue weighted by atomic mass is 79.9. The zero-order chi connectivity index (χ0) is 19.9. The number of fused-ring (bicyclic) bond motifs is 1. The summed E-state index contributed by atoms with van der Waals surface area (Å²) in [5.74, 6) is 0.394. The van der Waals surface area contributed by atoms with Crippen LogP contribution in [0.1, 0.15) is 12.0 Å². The summed E-state index contributed by atoms with van der Waals surface area (Å²) in [6.07, 6.45) is 1.10. The summed E-state index contributed by atoms with van der Waals surface area (Å²) in [5, 5.41) is 7.55. The largest absolute Gasteiger partial charge is 0.483 e. The van der Waals surface area contributed by atoms with Crippen molar-refractivity contribution in [1.29, 1.82) is 0 Å². The molecule has 2 N–H and O–H groups in total. The maximum Gasteiger partial charge on any atom is 0.262 e. The van der Waals surface area contributed by atoms with Crippen molar-refractivity contribution in [3.05, 3.63) is 70.7 Å². The molecule has 144 valence electrons. The number of hydrogen-bond donors (Lipinski definition) is 2. The number of benzene rings is 3. The maximum atomic E-state index is 12.2. The molecule has 0 heterocycles. The molecule has 0 aliphatic carbocycles. The minimum atomic E-state index is -0.238. The molecule has 0 unspecified atom stereocenters. The van der Waals surface area contributed by atoms with Gasteiger partial charge in [0.1, 0.15) is 5.75 Å². The van der Waals surface area contributed by atoms with Gasteiger partial charge in [-0.25, -0.2) is 0 Å². The summed E-state index contributed by atoms with van der Waals surface area (Å²) < 4.78 is 6.51. The Kier molecular flexibility index (Phi) is 6.66. The summed E-state index contributed by atoms with van der Waals surface area (Å²) in [4.78, 5) is 23.5. The molecular formula is C22H21BrN2O3. The third-order valence-corrected chi connectivity index (χ3v) is 5.16. The number of aryl methyl sites for hydroxylation is 1. The van der Waals surface area contributed by atoms with Gasteiger partial charge in [-0.15, -0.1) is 0 Å². The van der Waals surface area contributed by atoms with Crippen molar-refractivity contribution in [2.24, 2.45) is 0 Å². The number of amides is 2. The molecule has 0 aliphatic heterocycles. The van der Waals surface area contributed by atoms with E-state index in [1.54, 1.807) is 7.05 Å². The van der Waals surface area contributed by atoms with Crippen LogP contribution in [0.5, 0.6) is 5.75 Å². The normalized spacial score (nSPS) is 10.5. The lowest BCUT2D eigenvalue weighted by molar-refractivity contribution is -0.120. The summed E-state index contributed by atoms with van der Waals surface area (Å²) in [6, 6.07) is 19.2. The molecule has 6 heteroatoms. The molecule has 0 radical (unpaired) electrons. The van der Waals surface area contributed by atoms with Crippen LogP contribution in [0.15, 0.2) is 65.1 Å². The average Bonchev–Trinajstić information content (AvgIpc) is 2.72. The minimum absolute atomic E-state index is 0.00868. The second kappa shape index (κ2) is 9.37. The Morgan fingerprint density at radius 2 is 1.71 bits per heavy atom. The Morgan fingerprint density at radius 3 is 2.46 bits per heavy atom. The molecule has 28 heavy (non-hydrogen) atoms. The first-order chi connectivity index (χ1) is 13.6. The Bertz CT molecular complexity index is 987. The third kappa shape index (κ3) is 5.10. The van der Waals surface area contributed by atoms with Crippen LogP contribution in [-0.2, 0) is 16.0 Å². The van der Waals surface area contributed by atoms with Crippen LogP contribution in [0.2, 0.25) is 0 Å². The van der Waals surface area contributed by atoms with E-state index in [9.17, 15) is 9.59 Å². The average molecular weight is 441 g/mol. The number of nitrogens with one attached hydrogen (secondary N) is 2. The molecule has 0 atom stereocenters. The van der Waals surface area contributed by atoms with Crippen LogP contribution in [0.3, 0.4) is 0 Å². The number of halogens is 1. The fourth-order valence-electron chi connectivity index (χ4n) is 2.80. The predicted molar refractivity (Wildman–Crippen MR) is 115 cm³/mol. The molecule has 3 aromatic rings. The number of carbonyl (C=O) groups is 2. The van der Waals surface area contributed by atoms with Gasteiger partial charge in [0, 0.05) is 19.2 Å². The Morgan fingerprint density at radius 1 is 0.964 bits per heavy atom. The Labute approximate surface area is 172 Å². The Balaban J connectivity index is 1.54. The van der Waals surface area contributed by atoms with E-state index >= 15 is 0 Å². The van der Waals surface area contributed by atoms with Crippen LogP contribution in [0.25, 0.3) is 10.8 Å². The molecule has 3 aromatic carbocycles. The standard InChI is InChI=1S/C22H21BrN2O3/c1-24-20(26)13-8-15-6-10-17(11-7-15)25-21(27)14-28-19-12-9-16-4-2-3-5-18(16)22(19)23/h2-7,9-12H,8,13-14H2,1H3,(H,24,26)(H,25,27). The van der Waals surface area contributed by atoms with Crippen LogP contribution in [0.4, 0.5) is 5.69 Å². The maximum absolute atomic E-state index is 12.2. The number of anilines is 1. The van der Waals surface area contributed by atoms with Gasteiger partial charge in [0.25, 0.3) is 5.91 Å². The molecule has 5 nitrogen and oxygen atoms in total. The quantitative estimate of drug-likeness (QED) is 0.575. The molecule has 0 saturated heterocycles. The van der Waals surface area contributed by atoms with Gasteiger partial charge in [-0.1, -0.05) is 42.5 Å². The molecule has 0 saturated carbocycles. The van der Waals surface area contributed by atoms with Crippen molar-refractivity contribution < 1.29 is 14.3 Å². The molecule has 2 amide bonds. The lowest BCUT2D eigenvalue weighted by Crippen LogP contribution is -2.20. The first-order valence-corrected chi connectivity index (χ1v) is 9.75. The van der Waals surface area contributed by atoms with Gasteiger partial charge in [0.05, 0.1) is 4.47 Å². The summed E-state index contributed by atoms with van der Waals surface area (Å²) >= 11 is 3.55. The minimum Gasteiger partial charge on any atom is -0.483 e. The van der Waals surface area contributed by atoms with Gasteiger partial charge in [-0.3, -0.25) is 9.59 Å². The van der Waals surface area contributed by atoms with E-state index in [-0.39, 0.29) is 18.4 Å². The molecule has 0 bridgehead atoms. The second-order valence-electron chi connectivity index (χ2n) is 6.31. The van der Waals surface area contributed by atoms with Crippen LogP contribution < -0.4 is 15.4 Å². The highest BCUT2D eigenvalue weighted by molar-refractivity contribution is 9.10. The first kappa shape index (κ1) is 19.9. The van der Waals surface area contributed by atoms with Gasteiger partial charge in [0.15, 0.2) is 6.61 Å². The molecular weight excluding hydrogens is 420 g/mol. The van der Waals surface area contributed by atoms with Crippen molar-refractivity contribution >= 4 is 44.2 Å². The number of hydrogen-bond acceptors (Lipinski definition) is 3. The summed E-state index contributed by atoms with van der Waals surface area (Å²) in [7, 11) is 1.62. The topological polar surface area (TPSA) is 67.4 Å². The lowest BCUT2D eigenvalue weighted by atomic mass is 10.1. The van der Waals surface area contributed by atoms with E-state index in [1.807, 2.05) is 60.7 Å². The fourth-order valence-corrected chi connectivity index (χ4v) is 3.41. The van der Waals surface area contributed by atoms with Crippen LogP contribution in [-0.4, -0.2) is 25.5 Å². The van der Waals surface area contributed by atoms with Gasteiger partial charge in [-0.05, 0) is 56.9 Å². The lowest BCUT2D eigenvalue weighted by Gasteiger charge is -2.11. The third-order valence-electron chi connectivity index (χ3n) is 4.34. The fraction of sp³-hybridized carbons (Fsp3) is 0.182. The molecule has 0 aliphatic rings. The zero-order valence-corrected chi connectivity index (χ0v) is 17.1. The molecule has 0 aromatic heterocycles. The first-order valence-electron chi connectivity index (χ1n) is 8.96. The van der Waals surface area contributed by atoms with Crippen molar-refractivity contribution in [1.82, 2.24) is 5.32 Å². The SMILES string of the molecule is CNC(=O)CCc1ccc(NC(=O)COc2ccc3ccccc3c2Br)cc1. The molecule has 0 spiro atoms. The zero-order valence-electron chi connectivity index (χ0n) is 15.5. The van der Waals surface area contributed by atoms with Gasteiger partial charge >= 0.3 is 0 Å².